The van der Waals surface area contributed by atoms with Crippen LogP contribution in [0.25, 0.3) is 0 Å². The number of H-pyrrole nitrogens is 1. The molecule has 2 rings (SSSR count). The Labute approximate surface area is 477 Å². The number of hydrogen-bond donors (Lipinski definition) is 16. The molecule has 31 nitrogen and oxygen atoms in total. The van der Waals surface area contributed by atoms with Crippen molar-refractivity contribution in [3.8, 4) is 0 Å². The second-order valence-electron chi connectivity index (χ2n) is 20.7. The summed E-state index contributed by atoms with van der Waals surface area (Å²) >= 11 is 0. The lowest BCUT2D eigenvalue weighted by Gasteiger charge is -2.31. The Bertz CT molecular complexity index is 2310. The molecule has 82 heavy (non-hydrogen) atoms. The summed E-state index contributed by atoms with van der Waals surface area (Å²) < 4.78 is 0. The van der Waals surface area contributed by atoms with Crippen LogP contribution in [0.3, 0.4) is 0 Å². The molecule has 462 valence electrons. The first kappa shape index (κ1) is 70.4. The standard InChI is InChI=1S/C51H90N18O13/c1-7-19-69(26-39(74)75)49(82)40(28(3)8-2)65-37(72)25-68(20-13-18-59-51(55)56)38(73)24-60-47(80)41(30(5)70)67-48(81)42(31(6)71)66-46(79)36(22-33-23-57-27-61-33)64-45(78)35(21-32-14-10-9-11-15-32)63-43(76)29(4)62-44(77)34(52)16-12-17-58-50(53)54/h23,27-32,34-36,40-42,70-71H,7-22,24-26,52H2,1-6H3,(H,57,61)(H,60,80)(H,62,77)(H,63,76)(H,64,78)(H,65,72)(H,66,79)(H,67,81)(H,74,75)(H4,53,54,58)(H4,55,56,59)/t28?,29-,30+,31+,34-,35-,36-,40-,41-,42-/m0/s1. The van der Waals surface area contributed by atoms with E-state index in [9.17, 15) is 63.3 Å². The minimum absolute atomic E-state index is 0.0168. The van der Waals surface area contributed by atoms with Gasteiger partial charge < -0.3 is 96.0 Å². The van der Waals surface area contributed by atoms with Gasteiger partial charge in [0.05, 0.1) is 37.7 Å². The van der Waals surface area contributed by atoms with Crippen LogP contribution in [0.5, 0.6) is 0 Å². The first-order valence-corrected chi connectivity index (χ1v) is 27.8. The fourth-order valence-electron chi connectivity index (χ4n) is 8.84. The van der Waals surface area contributed by atoms with Crippen LogP contribution in [0.2, 0.25) is 0 Å². The third kappa shape index (κ3) is 25.8. The monoisotopic (exact) mass is 1160 g/mol. The lowest BCUT2D eigenvalue weighted by Crippen LogP contribution is -2.62. The van der Waals surface area contributed by atoms with Crippen LogP contribution in [0, 0.1) is 11.8 Å². The number of nitrogens with zero attached hydrogens (tertiary/aromatic N) is 5. The Balaban J connectivity index is 2.32. The number of aromatic amines is 1. The molecule has 1 heterocycles. The predicted octanol–water partition coefficient (Wildman–Crippen LogP) is -5.03. The molecule has 10 atom stereocenters. The number of aromatic nitrogens is 2. The largest absolute Gasteiger partial charge is 0.480 e. The quantitative estimate of drug-likeness (QED) is 0.0168. The number of aliphatic hydroxyl groups excluding tert-OH is 2. The molecule has 1 unspecified atom stereocenters. The van der Waals surface area contributed by atoms with Gasteiger partial charge in [-0.2, -0.15) is 0 Å². The van der Waals surface area contributed by atoms with Gasteiger partial charge in [0.15, 0.2) is 11.9 Å². The van der Waals surface area contributed by atoms with Gasteiger partial charge in [-0.05, 0) is 64.7 Å². The molecule has 31 heteroatoms. The highest BCUT2D eigenvalue weighted by molar-refractivity contribution is 5.98. The van der Waals surface area contributed by atoms with Gasteiger partial charge in [-0.3, -0.25) is 57.9 Å². The highest BCUT2D eigenvalue weighted by Crippen LogP contribution is 2.27. The number of hydrogen-bond acceptors (Lipinski definition) is 16. The maximum atomic E-state index is 14.3. The van der Waals surface area contributed by atoms with Crippen molar-refractivity contribution in [3.05, 3.63) is 18.2 Å². The topological polar surface area (TPSA) is 506 Å². The SMILES string of the molecule is CCCN(CC(=O)O)C(=O)[C@@H](NC(=O)CN(CCCN=C(N)N)C(=O)CNC(=O)[C@@H](NC(=O)[C@@H](NC(=O)[C@H](Cc1cnc[nH]1)NC(=O)[C@H](CC1CCCCC1)NC(=O)[C@H](C)NC(=O)[C@@H](N)CCCN=C(N)N)[C@@H](C)O)[C@@H](C)O)C(C)CC. The van der Waals surface area contributed by atoms with Crippen LogP contribution in [0.1, 0.15) is 118 Å². The van der Waals surface area contributed by atoms with Gasteiger partial charge in [-0.25, -0.2) is 4.98 Å². The molecule has 1 aromatic rings. The minimum Gasteiger partial charge on any atom is -0.480 e. The van der Waals surface area contributed by atoms with Crippen molar-refractivity contribution in [2.75, 3.05) is 45.8 Å². The third-order valence-electron chi connectivity index (χ3n) is 13.6. The van der Waals surface area contributed by atoms with Crippen LogP contribution in [-0.2, 0) is 54.4 Å². The zero-order valence-corrected chi connectivity index (χ0v) is 48.0. The number of rotatable bonds is 37. The fourth-order valence-corrected chi connectivity index (χ4v) is 8.84. The van der Waals surface area contributed by atoms with E-state index < -0.39 is 139 Å². The van der Waals surface area contributed by atoms with Gasteiger partial charge in [0.2, 0.25) is 53.2 Å². The fraction of sp³-hybridized carbons (Fsp3) is 0.706. The maximum absolute atomic E-state index is 14.3. The number of guanidine groups is 2. The minimum atomic E-state index is -1.83. The first-order chi connectivity index (χ1) is 38.7. The van der Waals surface area contributed by atoms with Crippen LogP contribution >= 0.6 is 0 Å². The van der Waals surface area contributed by atoms with E-state index in [0.29, 0.717) is 25.0 Å². The van der Waals surface area contributed by atoms with E-state index in [2.05, 4.69) is 57.2 Å². The van der Waals surface area contributed by atoms with Crippen molar-refractivity contribution >= 4 is 71.1 Å². The van der Waals surface area contributed by atoms with Crippen molar-refractivity contribution in [2.45, 2.75) is 173 Å². The summed E-state index contributed by atoms with van der Waals surface area (Å²) in [6.07, 6.45) is 5.28. The van der Waals surface area contributed by atoms with E-state index in [4.69, 9.17) is 28.7 Å². The van der Waals surface area contributed by atoms with Gasteiger partial charge in [-0.15, -0.1) is 0 Å². The molecule has 1 aliphatic rings. The number of imidazole rings is 1. The van der Waals surface area contributed by atoms with Crippen LogP contribution in [-0.4, -0.2) is 206 Å². The highest BCUT2D eigenvalue weighted by atomic mass is 16.4. The maximum Gasteiger partial charge on any atom is 0.323 e. The lowest BCUT2D eigenvalue weighted by atomic mass is 9.84. The molecule has 0 saturated heterocycles. The Hall–Kier alpha value is -7.67. The number of aliphatic imine (C=N–C) groups is 2. The van der Waals surface area contributed by atoms with Crippen LogP contribution in [0.15, 0.2) is 22.5 Å². The average molecular weight is 1160 g/mol. The number of carbonyl (C=O) groups excluding carboxylic acids is 9. The zero-order chi connectivity index (χ0) is 61.6. The number of carboxylic acids is 1. The molecule has 1 saturated carbocycles. The average Bonchev–Trinajstić information content (AvgIpc) is 3.99. The molecule has 0 radical (unpaired) electrons. The molecular formula is C51H90N18O13. The number of nitrogens with two attached hydrogens (primary N) is 5. The molecule has 1 aromatic heterocycles. The molecule has 0 spiro atoms. The lowest BCUT2D eigenvalue weighted by molar-refractivity contribution is -0.147. The number of aliphatic carboxylic acids is 1. The normalized spacial score (nSPS) is 16.0. The van der Waals surface area contributed by atoms with Gasteiger partial charge in [0.25, 0.3) is 0 Å². The molecule has 1 fully saturated rings. The van der Waals surface area contributed by atoms with Gasteiger partial charge >= 0.3 is 5.97 Å². The van der Waals surface area contributed by atoms with Crippen molar-refractivity contribution in [3.63, 3.8) is 0 Å². The Morgan fingerprint density at radius 3 is 1.84 bits per heavy atom. The number of aliphatic hydroxyl groups is 2. The Kier molecular flexibility index (Phi) is 31.5. The summed E-state index contributed by atoms with van der Waals surface area (Å²) in [6, 6.07) is -9.63. The molecule has 9 amide bonds. The van der Waals surface area contributed by atoms with Crippen LogP contribution < -0.4 is 65.9 Å². The second kappa shape index (κ2) is 36.6. The molecule has 21 N–H and O–H groups in total. The number of carboxylic acid groups (broad SMARTS) is 1. The molecule has 0 aromatic carbocycles. The van der Waals surface area contributed by atoms with Gasteiger partial charge in [0.1, 0.15) is 42.8 Å². The van der Waals surface area contributed by atoms with Crippen molar-refractivity contribution in [1.29, 1.82) is 0 Å². The van der Waals surface area contributed by atoms with E-state index in [1.807, 2.05) is 0 Å². The number of amides is 9. The van der Waals surface area contributed by atoms with Crippen molar-refractivity contribution in [1.82, 2.24) is 57.0 Å². The van der Waals surface area contributed by atoms with E-state index in [1.165, 1.54) is 19.4 Å². The summed E-state index contributed by atoms with van der Waals surface area (Å²) in [4.78, 5) is 152. The molecule has 0 bridgehead atoms. The van der Waals surface area contributed by atoms with E-state index in [-0.39, 0.29) is 69.7 Å². The summed E-state index contributed by atoms with van der Waals surface area (Å²) in [5.74, 6) is -9.64. The summed E-state index contributed by atoms with van der Waals surface area (Å²) in [5.41, 5.74) is 28.0. The molecule has 1 aliphatic carbocycles. The summed E-state index contributed by atoms with van der Waals surface area (Å²) in [5, 5.41) is 48.7. The second-order valence-corrected chi connectivity index (χ2v) is 20.7. The predicted molar refractivity (Wildman–Crippen MR) is 301 cm³/mol. The van der Waals surface area contributed by atoms with E-state index in [1.54, 1.807) is 20.8 Å². The molecular weight excluding hydrogens is 1070 g/mol. The highest BCUT2D eigenvalue weighted by Gasteiger charge is 2.37. The van der Waals surface area contributed by atoms with Gasteiger partial charge in [-0.1, -0.05) is 59.3 Å². The van der Waals surface area contributed by atoms with Gasteiger partial charge in [0, 0.05) is 44.5 Å². The summed E-state index contributed by atoms with van der Waals surface area (Å²) in [7, 11) is 0. The van der Waals surface area contributed by atoms with E-state index in [0.717, 1.165) is 55.8 Å². The van der Waals surface area contributed by atoms with Crippen molar-refractivity contribution in [2.24, 2.45) is 50.5 Å². The van der Waals surface area contributed by atoms with Crippen LogP contribution in [0.4, 0.5) is 0 Å². The third-order valence-corrected chi connectivity index (χ3v) is 13.6. The summed E-state index contributed by atoms with van der Waals surface area (Å²) in [6.45, 7) is 7.19. The first-order valence-electron chi connectivity index (χ1n) is 27.8. The van der Waals surface area contributed by atoms with E-state index >= 15 is 0 Å². The molecule has 0 aliphatic heterocycles. The number of carbonyl (C=O) groups is 10. The Morgan fingerprint density at radius 1 is 0.695 bits per heavy atom. The number of nitrogens with one attached hydrogen (secondary N) is 8. The van der Waals surface area contributed by atoms with Crippen molar-refractivity contribution < 1.29 is 63.3 Å². The smallest absolute Gasteiger partial charge is 0.323 e. The zero-order valence-electron chi connectivity index (χ0n) is 48.0. The Morgan fingerprint density at radius 2 is 1.28 bits per heavy atom.